The van der Waals surface area contributed by atoms with Crippen molar-refractivity contribution in [1.82, 2.24) is 15.1 Å². The van der Waals surface area contributed by atoms with E-state index in [-0.39, 0.29) is 17.7 Å². The molecule has 1 unspecified atom stereocenters. The van der Waals surface area contributed by atoms with Gasteiger partial charge in [0.2, 0.25) is 0 Å². The second kappa shape index (κ2) is 7.18. The summed E-state index contributed by atoms with van der Waals surface area (Å²) in [6, 6.07) is 14.8. The molecule has 0 aliphatic rings. The lowest BCUT2D eigenvalue weighted by Gasteiger charge is -2.18. The van der Waals surface area contributed by atoms with Crippen LogP contribution >= 0.6 is 0 Å². The van der Waals surface area contributed by atoms with Crippen LogP contribution in [0.15, 0.2) is 59.4 Å². The Kier molecular flexibility index (Phi) is 4.79. The SMILES string of the molecule is Cn1nc(C(=O)NC(CC(=O)O)c2ccccc2)c2ccccc2c1=O. The molecule has 1 atom stereocenters. The largest absolute Gasteiger partial charge is 0.481 e. The highest BCUT2D eigenvalue weighted by Crippen LogP contribution is 2.19. The molecule has 1 amide bonds. The summed E-state index contributed by atoms with van der Waals surface area (Å²) in [5, 5.41) is 16.8. The molecule has 0 aliphatic heterocycles. The maximum absolute atomic E-state index is 12.8. The Morgan fingerprint density at radius 3 is 2.35 bits per heavy atom. The lowest BCUT2D eigenvalue weighted by molar-refractivity contribution is -0.137. The summed E-state index contributed by atoms with van der Waals surface area (Å²) in [7, 11) is 1.47. The minimum Gasteiger partial charge on any atom is -0.481 e. The van der Waals surface area contributed by atoms with Gasteiger partial charge in [0.15, 0.2) is 5.69 Å². The van der Waals surface area contributed by atoms with E-state index in [2.05, 4.69) is 10.4 Å². The summed E-state index contributed by atoms with van der Waals surface area (Å²) in [4.78, 5) is 36.2. The number of aliphatic carboxylic acids is 1. The standard InChI is InChI=1S/C19H17N3O4/c1-22-19(26)14-10-6-5-9-13(14)17(21-22)18(25)20-15(11-16(23)24)12-7-3-2-4-8-12/h2-10,15H,11H2,1H3,(H,20,25)(H,23,24). The number of carbonyl (C=O) groups excluding carboxylic acids is 1. The molecular weight excluding hydrogens is 334 g/mol. The first-order valence-electron chi connectivity index (χ1n) is 8.01. The number of hydrogen-bond acceptors (Lipinski definition) is 4. The highest BCUT2D eigenvalue weighted by molar-refractivity contribution is 6.05. The molecule has 132 valence electrons. The third kappa shape index (κ3) is 3.46. The summed E-state index contributed by atoms with van der Waals surface area (Å²) in [5.74, 6) is -1.57. The Morgan fingerprint density at radius 2 is 1.69 bits per heavy atom. The smallest absolute Gasteiger partial charge is 0.305 e. The molecule has 0 aliphatic carbocycles. The van der Waals surface area contributed by atoms with Gasteiger partial charge < -0.3 is 10.4 Å². The number of benzene rings is 2. The number of fused-ring (bicyclic) bond motifs is 1. The Balaban J connectivity index is 2.01. The molecule has 0 saturated heterocycles. The number of carboxylic acids is 1. The molecular formula is C19H17N3O4. The Hall–Kier alpha value is -3.48. The van der Waals surface area contributed by atoms with Gasteiger partial charge in [-0.25, -0.2) is 4.68 Å². The van der Waals surface area contributed by atoms with Crippen molar-refractivity contribution in [3.63, 3.8) is 0 Å². The second-order valence-corrected chi connectivity index (χ2v) is 5.86. The molecule has 26 heavy (non-hydrogen) atoms. The number of aryl methyl sites for hydroxylation is 1. The average Bonchev–Trinajstić information content (AvgIpc) is 2.64. The zero-order valence-corrected chi connectivity index (χ0v) is 14.0. The van der Waals surface area contributed by atoms with Crippen molar-refractivity contribution in [3.8, 4) is 0 Å². The highest BCUT2D eigenvalue weighted by atomic mass is 16.4. The van der Waals surface area contributed by atoms with Crippen molar-refractivity contribution >= 4 is 22.6 Å². The summed E-state index contributed by atoms with van der Waals surface area (Å²) in [5.41, 5.74) is 0.452. The van der Waals surface area contributed by atoms with Crippen molar-refractivity contribution in [2.24, 2.45) is 7.05 Å². The molecule has 7 nitrogen and oxygen atoms in total. The van der Waals surface area contributed by atoms with E-state index in [0.717, 1.165) is 4.68 Å². The first kappa shape index (κ1) is 17.3. The predicted octanol–water partition coefficient (Wildman–Crippen LogP) is 1.88. The van der Waals surface area contributed by atoms with E-state index < -0.39 is 17.9 Å². The molecule has 0 radical (unpaired) electrons. The quantitative estimate of drug-likeness (QED) is 0.731. The zero-order valence-electron chi connectivity index (χ0n) is 14.0. The maximum Gasteiger partial charge on any atom is 0.305 e. The molecule has 3 rings (SSSR count). The van der Waals surface area contributed by atoms with Crippen LogP contribution in [0.5, 0.6) is 0 Å². The fourth-order valence-corrected chi connectivity index (χ4v) is 2.81. The average molecular weight is 351 g/mol. The summed E-state index contributed by atoms with van der Waals surface area (Å²) >= 11 is 0. The molecule has 0 fully saturated rings. The molecule has 0 saturated carbocycles. The minimum atomic E-state index is -1.03. The molecule has 1 heterocycles. The summed E-state index contributed by atoms with van der Waals surface area (Å²) in [6.45, 7) is 0. The van der Waals surface area contributed by atoms with E-state index in [4.69, 9.17) is 5.11 Å². The van der Waals surface area contributed by atoms with Crippen LogP contribution in [-0.2, 0) is 11.8 Å². The van der Waals surface area contributed by atoms with Crippen molar-refractivity contribution in [1.29, 1.82) is 0 Å². The van der Waals surface area contributed by atoms with Crippen molar-refractivity contribution in [2.75, 3.05) is 0 Å². The second-order valence-electron chi connectivity index (χ2n) is 5.86. The van der Waals surface area contributed by atoms with Gasteiger partial charge in [0.1, 0.15) is 0 Å². The van der Waals surface area contributed by atoms with E-state index >= 15 is 0 Å². The topological polar surface area (TPSA) is 101 Å². The van der Waals surface area contributed by atoms with Crippen LogP contribution in [-0.4, -0.2) is 26.8 Å². The predicted molar refractivity (Wildman–Crippen MR) is 95.9 cm³/mol. The number of aromatic nitrogens is 2. The van der Waals surface area contributed by atoms with Crippen LogP contribution in [0.25, 0.3) is 10.8 Å². The fraction of sp³-hybridized carbons (Fsp3) is 0.158. The molecule has 1 aromatic heterocycles. The van der Waals surface area contributed by atoms with Crippen LogP contribution in [0.1, 0.15) is 28.5 Å². The van der Waals surface area contributed by atoms with E-state index in [1.807, 2.05) is 6.07 Å². The Morgan fingerprint density at radius 1 is 1.08 bits per heavy atom. The third-order valence-electron chi connectivity index (χ3n) is 4.06. The van der Waals surface area contributed by atoms with Crippen LogP contribution in [0.3, 0.4) is 0 Å². The molecule has 2 aromatic carbocycles. The third-order valence-corrected chi connectivity index (χ3v) is 4.06. The lowest BCUT2D eigenvalue weighted by atomic mass is 10.0. The number of nitrogens with one attached hydrogen (secondary N) is 1. The summed E-state index contributed by atoms with van der Waals surface area (Å²) in [6.07, 6.45) is -0.264. The van der Waals surface area contributed by atoms with Gasteiger partial charge in [-0.05, 0) is 11.6 Å². The maximum atomic E-state index is 12.8. The van der Waals surface area contributed by atoms with Gasteiger partial charge in [-0.1, -0.05) is 48.5 Å². The van der Waals surface area contributed by atoms with Gasteiger partial charge in [0.25, 0.3) is 11.5 Å². The highest BCUT2D eigenvalue weighted by Gasteiger charge is 2.22. The van der Waals surface area contributed by atoms with Gasteiger partial charge in [-0.15, -0.1) is 0 Å². The van der Waals surface area contributed by atoms with Crippen molar-refractivity contribution in [3.05, 3.63) is 76.2 Å². The Labute approximate surface area is 148 Å². The first-order chi connectivity index (χ1) is 12.5. The van der Waals surface area contributed by atoms with Crippen molar-refractivity contribution < 1.29 is 14.7 Å². The van der Waals surface area contributed by atoms with Gasteiger partial charge in [-0.2, -0.15) is 5.10 Å². The number of carboxylic acid groups (broad SMARTS) is 1. The zero-order chi connectivity index (χ0) is 18.7. The Bertz CT molecular complexity index is 1030. The normalized spacial score (nSPS) is 11.9. The van der Waals surface area contributed by atoms with E-state index in [1.165, 1.54) is 7.05 Å². The van der Waals surface area contributed by atoms with Gasteiger partial charge in [0.05, 0.1) is 17.8 Å². The molecule has 3 aromatic rings. The minimum absolute atomic E-state index is 0.0778. The van der Waals surface area contributed by atoms with Gasteiger partial charge >= 0.3 is 5.97 Å². The number of hydrogen-bond donors (Lipinski definition) is 2. The molecule has 2 N–H and O–H groups in total. The van der Waals surface area contributed by atoms with E-state index in [9.17, 15) is 14.4 Å². The van der Waals surface area contributed by atoms with Crippen LogP contribution < -0.4 is 10.9 Å². The van der Waals surface area contributed by atoms with Crippen LogP contribution in [0.2, 0.25) is 0 Å². The number of rotatable bonds is 5. The monoisotopic (exact) mass is 351 g/mol. The van der Waals surface area contributed by atoms with Crippen molar-refractivity contribution in [2.45, 2.75) is 12.5 Å². The lowest BCUT2D eigenvalue weighted by Crippen LogP contribution is -2.33. The fourth-order valence-electron chi connectivity index (χ4n) is 2.81. The summed E-state index contributed by atoms with van der Waals surface area (Å²) < 4.78 is 1.10. The molecule has 7 heteroatoms. The van der Waals surface area contributed by atoms with Gasteiger partial charge in [-0.3, -0.25) is 14.4 Å². The van der Waals surface area contributed by atoms with Crippen LogP contribution in [0.4, 0.5) is 0 Å². The van der Waals surface area contributed by atoms with Crippen LogP contribution in [0, 0.1) is 0 Å². The molecule has 0 spiro atoms. The number of amides is 1. The molecule has 0 bridgehead atoms. The number of nitrogens with zero attached hydrogens (tertiary/aromatic N) is 2. The van der Waals surface area contributed by atoms with E-state index in [0.29, 0.717) is 16.3 Å². The number of carbonyl (C=O) groups is 2. The van der Waals surface area contributed by atoms with E-state index in [1.54, 1.807) is 48.5 Å². The van der Waals surface area contributed by atoms with Gasteiger partial charge in [0, 0.05) is 12.4 Å². The first-order valence-corrected chi connectivity index (χ1v) is 8.01.